The van der Waals surface area contributed by atoms with E-state index in [0.717, 1.165) is 29.4 Å². The molecule has 0 aliphatic rings. The van der Waals surface area contributed by atoms with Gasteiger partial charge in [-0.1, -0.05) is 26.0 Å². The molecule has 0 aliphatic heterocycles. The van der Waals surface area contributed by atoms with Gasteiger partial charge in [-0.05, 0) is 56.4 Å². The summed E-state index contributed by atoms with van der Waals surface area (Å²) in [6.07, 6.45) is 5.26. The molecule has 7 heteroatoms. The summed E-state index contributed by atoms with van der Waals surface area (Å²) in [7, 11) is -3.66. The van der Waals surface area contributed by atoms with Gasteiger partial charge in [0.2, 0.25) is 0 Å². The van der Waals surface area contributed by atoms with Crippen LogP contribution in [0.5, 0.6) is 0 Å². The van der Waals surface area contributed by atoms with Crippen LogP contribution in [0.1, 0.15) is 45.7 Å². The van der Waals surface area contributed by atoms with Crippen molar-refractivity contribution in [2.45, 2.75) is 51.5 Å². The molecule has 2 heterocycles. The monoisotopic (exact) mass is 386 g/mol. The number of nitrogens with zero attached hydrogens (tertiary/aromatic N) is 3. The Bertz CT molecular complexity index is 1020. The van der Waals surface area contributed by atoms with E-state index in [1.165, 1.54) is 6.20 Å². The lowest BCUT2D eigenvalue weighted by atomic mass is 10.0. The molecule has 0 amide bonds. The maximum Gasteiger partial charge on any atom is 0.261 e. The van der Waals surface area contributed by atoms with E-state index in [0.29, 0.717) is 11.6 Å². The fourth-order valence-corrected chi connectivity index (χ4v) is 3.91. The van der Waals surface area contributed by atoms with E-state index < -0.39 is 10.0 Å². The highest BCUT2D eigenvalue weighted by Crippen LogP contribution is 2.22. The predicted molar refractivity (Wildman–Crippen MR) is 108 cm³/mol. The number of hydrogen-bond acceptors (Lipinski definition) is 4. The Balaban J connectivity index is 1.78. The van der Waals surface area contributed by atoms with Gasteiger partial charge in [-0.2, -0.15) is 5.10 Å². The van der Waals surface area contributed by atoms with Crippen LogP contribution in [0.3, 0.4) is 0 Å². The van der Waals surface area contributed by atoms with Gasteiger partial charge in [0, 0.05) is 11.4 Å². The lowest BCUT2D eigenvalue weighted by molar-refractivity contribution is 0.546. The Morgan fingerprint density at radius 2 is 1.78 bits per heavy atom. The predicted octanol–water partition coefficient (Wildman–Crippen LogP) is 4.40. The Hall–Kier alpha value is -2.41. The number of rotatable bonds is 7. The van der Waals surface area contributed by atoms with Crippen molar-refractivity contribution in [3.8, 4) is 0 Å². The van der Waals surface area contributed by atoms with Gasteiger partial charge in [0.1, 0.15) is 0 Å². The number of fused-ring (bicyclic) bond motifs is 1. The molecular formula is C20H26N4O2S. The number of aromatic nitrogens is 3. The lowest BCUT2D eigenvalue weighted by Crippen LogP contribution is -2.13. The fourth-order valence-electron chi connectivity index (χ4n) is 2.88. The number of hydrogen-bond donors (Lipinski definition) is 1. The maximum atomic E-state index is 12.7. The van der Waals surface area contributed by atoms with Crippen molar-refractivity contribution in [1.82, 2.24) is 14.8 Å². The molecule has 0 atom stereocenters. The second-order valence-corrected chi connectivity index (χ2v) is 9.18. The topological polar surface area (TPSA) is 76.9 Å². The summed E-state index contributed by atoms with van der Waals surface area (Å²) in [4.78, 5) is 4.61. The molecule has 0 aliphatic carbocycles. The van der Waals surface area contributed by atoms with Crippen LogP contribution in [0.15, 0.2) is 47.6 Å². The van der Waals surface area contributed by atoms with Crippen LogP contribution < -0.4 is 4.72 Å². The van der Waals surface area contributed by atoms with Gasteiger partial charge in [0.05, 0.1) is 23.0 Å². The van der Waals surface area contributed by atoms with Crippen molar-refractivity contribution in [2.24, 2.45) is 5.92 Å². The second kappa shape index (κ2) is 7.68. The summed E-state index contributed by atoms with van der Waals surface area (Å²) in [6.45, 7) is 8.40. The molecule has 0 saturated carbocycles. The van der Waals surface area contributed by atoms with Gasteiger partial charge in [-0.15, -0.1) is 0 Å². The second-order valence-electron chi connectivity index (χ2n) is 7.50. The Morgan fingerprint density at radius 3 is 2.41 bits per heavy atom. The minimum atomic E-state index is -3.66. The maximum absolute atomic E-state index is 12.7. The molecule has 0 radical (unpaired) electrons. The molecule has 0 saturated heterocycles. The van der Waals surface area contributed by atoms with E-state index in [1.54, 1.807) is 24.4 Å². The third kappa shape index (κ3) is 4.47. The number of pyridine rings is 1. The smallest absolute Gasteiger partial charge is 0.261 e. The van der Waals surface area contributed by atoms with Crippen LogP contribution in [0, 0.1) is 5.92 Å². The summed E-state index contributed by atoms with van der Waals surface area (Å²) < 4.78 is 29.8. The SMILES string of the molecule is CC(C)CCc1ccc(S(=O)(=O)Nc2cnc3c(cnn3C(C)C)c2)cc1. The molecule has 0 unspecified atom stereocenters. The normalized spacial score (nSPS) is 12.2. The average Bonchev–Trinajstić information content (AvgIpc) is 3.03. The Kier molecular flexibility index (Phi) is 5.51. The highest BCUT2D eigenvalue weighted by molar-refractivity contribution is 7.92. The van der Waals surface area contributed by atoms with Crippen LogP contribution in [0.2, 0.25) is 0 Å². The highest BCUT2D eigenvalue weighted by atomic mass is 32.2. The zero-order valence-electron chi connectivity index (χ0n) is 16.2. The van der Waals surface area contributed by atoms with Crippen molar-refractivity contribution < 1.29 is 8.42 Å². The minimum absolute atomic E-state index is 0.187. The zero-order chi connectivity index (χ0) is 19.6. The fraction of sp³-hybridized carbons (Fsp3) is 0.400. The first-order chi connectivity index (χ1) is 12.8. The summed E-state index contributed by atoms with van der Waals surface area (Å²) in [5.74, 6) is 0.623. The summed E-state index contributed by atoms with van der Waals surface area (Å²) in [5.41, 5.74) is 2.31. The van der Waals surface area contributed by atoms with Crippen LogP contribution in [0.25, 0.3) is 11.0 Å². The van der Waals surface area contributed by atoms with Gasteiger partial charge >= 0.3 is 0 Å². The first-order valence-corrected chi connectivity index (χ1v) is 10.7. The van der Waals surface area contributed by atoms with Crippen molar-refractivity contribution in [2.75, 3.05) is 4.72 Å². The molecule has 0 fully saturated rings. The largest absolute Gasteiger partial charge is 0.278 e. The van der Waals surface area contributed by atoms with Gasteiger partial charge < -0.3 is 0 Å². The summed E-state index contributed by atoms with van der Waals surface area (Å²) in [5, 5.41) is 5.11. The molecule has 3 rings (SSSR count). The zero-order valence-corrected chi connectivity index (χ0v) is 17.0. The third-order valence-electron chi connectivity index (χ3n) is 4.42. The van der Waals surface area contributed by atoms with Crippen LogP contribution in [-0.2, 0) is 16.4 Å². The van der Waals surface area contributed by atoms with Gasteiger partial charge in [-0.25, -0.2) is 18.1 Å². The lowest BCUT2D eigenvalue weighted by Gasteiger charge is -2.10. The van der Waals surface area contributed by atoms with E-state index >= 15 is 0 Å². The first kappa shape index (κ1) is 19.4. The average molecular weight is 387 g/mol. The van der Waals surface area contributed by atoms with Gasteiger partial charge in [-0.3, -0.25) is 4.72 Å². The number of nitrogens with one attached hydrogen (secondary N) is 1. The van der Waals surface area contributed by atoms with Crippen LogP contribution in [0.4, 0.5) is 5.69 Å². The number of sulfonamides is 1. The van der Waals surface area contributed by atoms with Crippen molar-refractivity contribution in [3.05, 3.63) is 48.3 Å². The number of anilines is 1. The van der Waals surface area contributed by atoms with Gasteiger partial charge in [0.15, 0.2) is 5.65 Å². The molecule has 0 bridgehead atoms. The quantitative estimate of drug-likeness (QED) is 0.653. The molecule has 1 aromatic carbocycles. The molecule has 3 aromatic rings. The van der Waals surface area contributed by atoms with Crippen molar-refractivity contribution in [1.29, 1.82) is 0 Å². The Morgan fingerprint density at radius 1 is 1.07 bits per heavy atom. The molecule has 27 heavy (non-hydrogen) atoms. The van der Waals surface area contributed by atoms with E-state index in [1.807, 2.05) is 30.7 Å². The molecular weight excluding hydrogens is 360 g/mol. The van der Waals surface area contributed by atoms with E-state index in [-0.39, 0.29) is 10.9 Å². The number of benzene rings is 1. The standard InChI is InChI=1S/C20H26N4O2S/c1-14(2)5-6-16-7-9-19(10-8-16)27(25,26)23-18-11-17-12-22-24(15(3)4)20(17)21-13-18/h7-15,23H,5-6H2,1-4H3. The van der Waals surface area contributed by atoms with Crippen LogP contribution in [-0.4, -0.2) is 23.2 Å². The van der Waals surface area contributed by atoms with E-state index in [2.05, 4.69) is 28.7 Å². The van der Waals surface area contributed by atoms with Crippen LogP contribution >= 0.6 is 0 Å². The summed E-state index contributed by atoms with van der Waals surface area (Å²) in [6, 6.07) is 9.01. The van der Waals surface area contributed by atoms with E-state index in [9.17, 15) is 8.42 Å². The van der Waals surface area contributed by atoms with Gasteiger partial charge in [0.25, 0.3) is 10.0 Å². The Labute approximate surface area is 160 Å². The third-order valence-corrected chi connectivity index (χ3v) is 5.82. The molecule has 1 N–H and O–H groups in total. The molecule has 6 nitrogen and oxygen atoms in total. The minimum Gasteiger partial charge on any atom is -0.278 e. The highest BCUT2D eigenvalue weighted by Gasteiger charge is 2.16. The van der Waals surface area contributed by atoms with Crippen molar-refractivity contribution in [3.63, 3.8) is 0 Å². The number of aryl methyl sites for hydroxylation is 1. The van der Waals surface area contributed by atoms with Crippen molar-refractivity contribution >= 4 is 26.7 Å². The van der Waals surface area contributed by atoms with E-state index in [4.69, 9.17) is 0 Å². The molecule has 2 aromatic heterocycles. The molecule has 0 spiro atoms. The molecule has 144 valence electrons. The summed E-state index contributed by atoms with van der Waals surface area (Å²) >= 11 is 0. The first-order valence-electron chi connectivity index (χ1n) is 9.21.